The fourth-order valence-electron chi connectivity index (χ4n) is 1.92. The molecule has 0 fully saturated rings. The van der Waals surface area contributed by atoms with Crippen LogP contribution in [0.1, 0.15) is 0 Å². The zero-order valence-electron chi connectivity index (χ0n) is 10.8. The van der Waals surface area contributed by atoms with Gasteiger partial charge in [-0.1, -0.05) is 11.6 Å². The van der Waals surface area contributed by atoms with Crippen LogP contribution in [0.2, 0.25) is 5.15 Å². The van der Waals surface area contributed by atoms with Crippen molar-refractivity contribution in [2.24, 2.45) is 7.05 Å². The summed E-state index contributed by atoms with van der Waals surface area (Å²) in [5, 5.41) is 0.215. The van der Waals surface area contributed by atoms with Crippen LogP contribution in [-0.4, -0.2) is 23.0 Å². The van der Waals surface area contributed by atoms with Crippen molar-refractivity contribution in [3.63, 3.8) is 0 Å². The first-order chi connectivity index (χ1) is 9.89. The Balaban J connectivity index is 2.23. The standard InChI is InChI=1S/C13H9ClFN3O2S/c1-18-7-6-10-11(14)16-13(17-12(10)18)21(19,20)9-4-2-8(15)3-5-9/h2-7H,1H3. The third-order valence-corrected chi connectivity index (χ3v) is 4.87. The lowest BCUT2D eigenvalue weighted by Gasteiger charge is -2.05. The van der Waals surface area contributed by atoms with Crippen LogP contribution in [0.15, 0.2) is 46.6 Å². The predicted molar refractivity (Wildman–Crippen MR) is 75.4 cm³/mol. The van der Waals surface area contributed by atoms with E-state index in [4.69, 9.17) is 11.6 Å². The number of fused-ring (bicyclic) bond motifs is 1. The molecule has 3 rings (SSSR count). The highest BCUT2D eigenvalue weighted by atomic mass is 35.5. The van der Waals surface area contributed by atoms with Crippen LogP contribution in [0.4, 0.5) is 4.39 Å². The van der Waals surface area contributed by atoms with E-state index in [1.54, 1.807) is 23.9 Å². The monoisotopic (exact) mass is 325 g/mol. The van der Waals surface area contributed by atoms with E-state index in [-0.39, 0.29) is 10.0 Å². The molecule has 5 nitrogen and oxygen atoms in total. The van der Waals surface area contributed by atoms with E-state index in [0.717, 1.165) is 24.3 Å². The first kappa shape index (κ1) is 14.0. The fourth-order valence-corrected chi connectivity index (χ4v) is 3.32. The quantitative estimate of drug-likeness (QED) is 0.413. The first-order valence-corrected chi connectivity index (χ1v) is 7.75. The summed E-state index contributed by atoms with van der Waals surface area (Å²) in [5.41, 5.74) is 0.413. The largest absolute Gasteiger partial charge is 0.335 e. The van der Waals surface area contributed by atoms with Crippen LogP contribution in [0, 0.1) is 5.82 Å². The predicted octanol–water partition coefficient (Wildman–Crippen LogP) is 2.59. The van der Waals surface area contributed by atoms with Crippen LogP contribution < -0.4 is 0 Å². The summed E-state index contributed by atoms with van der Waals surface area (Å²) < 4.78 is 39.5. The molecule has 1 aromatic carbocycles. The summed E-state index contributed by atoms with van der Waals surface area (Å²) in [6, 6.07) is 6.16. The second-order valence-electron chi connectivity index (χ2n) is 4.42. The zero-order valence-corrected chi connectivity index (χ0v) is 12.4. The molecule has 0 saturated carbocycles. The molecule has 0 saturated heterocycles. The molecule has 0 amide bonds. The lowest BCUT2D eigenvalue weighted by Crippen LogP contribution is -2.08. The molecular formula is C13H9ClFN3O2S. The summed E-state index contributed by atoms with van der Waals surface area (Å²) in [4.78, 5) is 7.81. The van der Waals surface area contributed by atoms with Crippen LogP contribution in [0.3, 0.4) is 0 Å². The second kappa shape index (κ2) is 4.78. The van der Waals surface area contributed by atoms with E-state index in [1.807, 2.05) is 0 Å². The van der Waals surface area contributed by atoms with Crippen LogP contribution >= 0.6 is 11.6 Å². The molecule has 21 heavy (non-hydrogen) atoms. The van der Waals surface area contributed by atoms with Crippen molar-refractivity contribution in [1.29, 1.82) is 0 Å². The number of hydrogen-bond donors (Lipinski definition) is 0. The molecule has 3 aromatic rings. The highest BCUT2D eigenvalue weighted by Gasteiger charge is 2.23. The number of nitrogens with zero attached hydrogens (tertiary/aromatic N) is 3. The van der Waals surface area contributed by atoms with Crippen LogP contribution in [0.5, 0.6) is 0 Å². The lowest BCUT2D eigenvalue weighted by atomic mass is 10.4. The Bertz CT molecular complexity index is 936. The Kier molecular flexibility index (Phi) is 3.18. The Morgan fingerprint density at radius 2 is 1.81 bits per heavy atom. The molecule has 0 bridgehead atoms. The molecule has 0 radical (unpaired) electrons. The van der Waals surface area contributed by atoms with Crippen molar-refractivity contribution < 1.29 is 12.8 Å². The minimum absolute atomic E-state index is 0.0567. The van der Waals surface area contributed by atoms with E-state index in [2.05, 4.69) is 9.97 Å². The molecule has 0 aliphatic rings. The Labute approximate surface area is 124 Å². The number of sulfone groups is 1. The zero-order chi connectivity index (χ0) is 15.2. The third kappa shape index (κ3) is 2.28. The minimum atomic E-state index is -3.95. The van der Waals surface area contributed by atoms with Crippen molar-refractivity contribution in [3.05, 3.63) is 47.5 Å². The first-order valence-electron chi connectivity index (χ1n) is 5.89. The molecule has 0 atom stereocenters. The van der Waals surface area contributed by atoms with E-state index in [1.165, 1.54) is 0 Å². The van der Waals surface area contributed by atoms with Crippen molar-refractivity contribution in [3.8, 4) is 0 Å². The van der Waals surface area contributed by atoms with Crippen molar-refractivity contribution >= 4 is 32.5 Å². The number of hydrogen-bond acceptors (Lipinski definition) is 4. The second-order valence-corrected chi connectivity index (χ2v) is 6.62. The number of aromatic nitrogens is 3. The third-order valence-electron chi connectivity index (χ3n) is 3.02. The summed E-state index contributed by atoms with van der Waals surface area (Å²) >= 11 is 6.01. The Morgan fingerprint density at radius 3 is 2.48 bits per heavy atom. The molecule has 108 valence electrons. The fraction of sp³-hybridized carbons (Fsp3) is 0.0769. The van der Waals surface area contributed by atoms with Gasteiger partial charge >= 0.3 is 0 Å². The lowest BCUT2D eigenvalue weighted by molar-refractivity contribution is 0.586. The van der Waals surface area contributed by atoms with E-state index >= 15 is 0 Å². The van der Waals surface area contributed by atoms with Crippen molar-refractivity contribution in [1.82, 2.24) is 14.5 Å². The van der Waals surface area contributed by atoms with Crippen molar-refractivity contribution in [2.75, 3.05) is 0 Å². The van der Waals surface area contributed by atoms with Crippen LogP contribution in [-0.2, 0) is 16.9 Å². The van der Waals surface area contributed by atoms with Crippen molar-refractivity contribution in [2.45, 2.75) is 10.1 Å². The maximum absolute atomic E-state index is 12.9. The van der Waals surface area contributed by atoms with Gasteiger partial charge in [0, 0.05) is 13.2 Å². The van der Waals surface area contributed by atoms with Gasteiger partial charge in [-0.2, -0.15) is 4.98 Å². The molecule has 2 heterocycles. The molecule has 0 unspecified atom stereocenters. The summed E-state index contributed by atoms with van der Waals surface area (Å²) in [7, 11) is -2.23. The Morgan fingerprint density at radius 1 is 1.14 bits per heavy atom. The van der Waals surface area contributed by atoms with E-state index in [9.17, 15) is 12.8 Å². The Hall–Kier alpha value is -1.99. The van der Waals surface area contributed by atoms with Gasteiger partial charge in [0.15, 0.2) is 0 Å². The van der Waals surface area contributed by atoms with Gasteiger partial charge in [0.25, 0.3) is 5.16 Å². The van der Waals surface area contributed by atoms with E-state index < -0.39 is 20.8 Å². The highest BCUT2D eigenvalue weighted by Crippen LogP contribution is 2.25. The van der Waals surface area contributed by atoms with Gasteiger partial charge in [0.1, 0.15) is 16.6 Å². The highest BCUT2D eigenvalue weighted by molar-refractivity contribution is 7.91. The molecule has 0 N–H and O–H groups in total. The minimum Gasteiger partial charge on any atom is -0.335 e. The van der Waals surface area contributed by atoms with Gasteiger partial charge < -0.3 is 4.57 Å². The summed E-state index contributed by atoms with van der Waals surface area (Å²) in [6.07, 6.45) is 1.71. The van der Waals surface area contributed by atoms with Gasteiger partial charge in [-0.05, 0) is 30.3 Å². The summed E-state index contributed by atoms with van der Waals surface area (Å²) in [6.45, 7) is 0. The molecular weight excluding hydrogens is 317 g/mol. The number of aryl methyl sites for hydroxylation is 1. The van der Waals surface area contributed by atoms with Gasteiger partial charge in [-0.25, -0.2) is 17.8 Å². The van der Waals surface area contributed by atoms with Gasteiger partial charge in [0.2, 0.25) is 9.84 Å². The number of halogens is 2. The maximum atomic E-state index is 12.9. The smallest absolute Gasteiger partial charge is 0.255 e. The number of rotatable bonds is 2. The topological polar surface area (TPSA) is 64.8 Å². The normalized spacial score (nSPS) is 12.0. The average Bonchev–Trinajstić information content (AvgIpc) is 2.82. The molecule has 0 aliphatic heterocycles. The van der Waals surface area contributed by atoms with E-state index in [0.29, 0.717) is 11.0 Å². The molecule has 2 aromatic heterocycles. The molecule has 0 aliphatic carbocycles. The maximum Gasteiger partial charge on any atom is 0.255 e. The molecule has 0 spiro atoms. The van der Waals surface area contributed by atoms with Gasteiger partial charge in [0.05, 0.1) is 10.3 Å². The van der Waals surface area contributed by atoms with Gasteiger partial charge in [-0.3, -0.25) is 0 Å². The summed E-state index contributed by atoms with van der Waals surface area (Å²) in [5.74, 6) is -0.522. The SMILES string of the molecule is Cn1ccc2c(Cl)nc(S(=O)(=O)c3ccc(F)cc3)nc21. The van der Waals surface area contributed by atoms with Gasteiger partial charge in [-0.15, -0.1) is 0 Å². The average molecular weight is 326 g/mol. The molecule has 8 heteroatoms. The number of benzene rings is 1. The van der Waals surface area contributed by atoms with Crippen LogP contribution in [0.25, 0.3) is 11.0 Å².